The standard InChI is InChI=1S/C24H25NO2/c1-25(19-20-11-4-2-5-12-20)23-17-9-8-13-21(23)16-10-18-27-24(26)22-14-6-3-7-15-22/h2-9,11-15,17H,10,16,18-19H2,1H3. The molecule has 3 aromatic rings. The van der Waals surface area contributed by atoms with Crippen LogP contribution in [-0.4, -0.2) is 19.6 Å². The molecule has 3 nitrogen and oxygen atoms in total. The first-order valence-corrected chi connectivity index (χ1v) is 9.29. The second-order valence-electron chi connectivity index (χ2n) is 6.58. The van der Waals surface area contributed by atoms with E-state index in [1.54, 1.807) is 12.1 Å². The first-order chi connectivity index (χ1) is 13.2. The van der Waals surface area contributed by atoms with Crippen molar-refractivity contribution in [2.45, 2.75) is 19.4 Å². The first kappa shape index (κ1) is 18.7. The highest BCUT2D eigenvalue weighted by Crippen LogP contribution is 2.22. The minimum absolute atomic E-state index is 0.259. The van der Waals surface area contributed by atoms with Gasteiger partial charge in [-0.25, -0.2) is 4.79 Å². The highest BCUT2D eigenvalue weighted by Gasteiger charge is 2.09. The number of carbonyl (C=O) groups is 1. The summed E-state index contributed by atoms with van der Waals surface area (Å²) in [6.07, 6.45) is 1.67. The summed E-state index contributed by atoms with van der Waals surface area (Å²) in [7, 11) is 2.11. The van der Waals surface area contributed by atoms with Gasteiger partial charge in [-0.05, 0) is 42.2 Å². The molecule has 0 amide bonds. The van der Waals surface area contributed by atoms with Crippen LogP contribution in [0.4, 0.5) is 5.69 Å². The molecule has 0 heterocycles. The molecule has 0 aliphatic rings. The fraction of sp³-hybridized carbons (Fsp3) is 0.208. The molecule has 138 valence electrons. The summed E-state index contributed by atoms with van der Waals surface area (Å²) in [5, 5.41) is 0. The van der Waals surface area contributed by atoms with Crippen LogP contribution in [0.2, 0.25) is 0 Å². The molecule has 0 spiro atoms. The Morgan fingerprint density at radius 1 is 0.852 bits per heavy atom. The zero-order chi connectivity index (χ0) is 18.9. The average Bonchev–Trinajstić information content (AvgIpc) is 2.72. The highest BCUT2D eigenvalue weighted by molar-refractivity contribution is 5.89. The molecule has 0 saturated carbocycles. The minimum Gasteiger partial charge on any atom is -0.462 e. The van der Waals surface area contributed by atoms with E-state index < -0.39 is 0 Å². The monoisotopic (exact) mass is 359 g/mol. The van der Waals surface area contributed by atoms with Crippen LogP contribution >= 0.6 is 0 Å². The third kappa shape index (κ3) is 5.45. The Morgan fingerprint density at radius 2 is 1.48 bits per heavy atom. The second-order valence-corrected chi connectivity index (χ2v) is 6.58. The molecule has 0 atom stereocenters. The highest BCUT2D eigenvalue weighted by atomic mass is 16.5. The first-order valence-electron chi connectivity index (χ1n) is 9.29. The smallest absolute Gasteiger partial charge is 0.338 e. The van der Waals surface area contributed by atoms with Crippen LogP contribution in [0.3, 0.4) is 0 Å². The summed E-state index contributed by atoms with van der Waals surface area (Å²) in [6, 6.07) is 28.0. The normalized spacial score (nSPS) is 10.4. The average molecular weight is 359 g/mol. The maximum absolute atomic E-state index is 12.0. The Morgan fingerprint density at radius 3 is 2.22 bits per heavy atom. The van der Waals surface area contributed by atoms with Crippen molar-refractivity contribution in [3.63, 3.8) is 0 Å². The van der Waals surface area contributed by atoms with Gasteiger partial charge in [0.2, 0.25) is 0 Å². The van der Waals surface area contributed by atoms with Gasteiger partial charge in [0, 0.05) is 19.3 Å². The van der Waals surface area contributed by atoms with Gasteiger partial charge in [0.05, 0.1) is 12.2 Å². The number of rotatable bonds is 8. The van der Waals surface area contributed by atoms with Crippen LogP contribution in [0, 0.1) is 0 Å². The Hall–Kier alpha value is -3.07. The lowest BCUT2D eigenvalue weighted by Crippen LogP contribution is -2.18. The number of carbonyl (C=O) groups excluding carboxylic acids is 1. The van der Waals surface area contributed by atoms with Crippen LogP contribution in [0.1, 0.15) is 27.9 Å². The lowest BCUT2D eigenvalue weighted by molar-refractivity contribution is 0.0500. The van der Waals surface area contributed by atoms with E-state index in [0.29, 0.717) is 12.2 Å². The number of esters is 1. The maximum atomic E-state index is 12.0. The van der Waals surface area contributed by atoms with Crippen molar-refractivity contribution in [1.82, 2.24) is 0 Å². The van der Waals surface area contributed by atoms with Gasteiger partial charge < -0.3 is 9.64 Å². The van der Waals surface area contributed by atoms with Gasteiger partial charge in [-0.1, -0.05) is 66.7 Å². The number of anilines is 1. The van der Waals surface area contributed by atoms with Crippen LogP contribution in [0.5, 0.6) is 0 Å². The van der Waals surface area contributed by atoms with E-state index in [4.69, 9.17) is 4.74 Å². The number of benzene rings is 3. The Balaban J connectivity index is 1.54. The summed E-state index contributed by atoms with van der Waals surface area (Å²) in [6.45, 7) is 1.28. The third-order valence-electron chi connectivity index (χ3n) is 4.50. The molecule has 0 unspecified atom stereocenters. The fourth-order valence-corrected chi connectivity index (χ4v) is 3.12. The van der Waals surface area contributed by atoms with E-state index in [0.717, 1.165) is 19.4 Å². The number of para-hydroxylation sites is 1. The van der Waals surface area contributed by atoms with Crippen molar-refractivity contribution in [3.8, 4) is 0 Å². The van der Waals surface area contributed by atoms with Gasteiger partial charge in [-0.3, -0.25) is 0 Å². The number of hydrogen-bond acceptors (Lipinski definition) is 3. The molecular weight excluding hydrogens is 334 g/mol. The van der Waals surface area contributed by atoms with E-state index in [1.165, 1.54) is 16.8 Å². The fourth-order valence-electron chi connectivity index (χ4n) is 3.12. The van der Waals surface area contributed by atoms with Crippen LogP contribution < -0.4 is 4.90 Å². The van der Waals surface area contributed by atoms with Crippen LogP contribution in [0.15, 0.2) is 84.9 Å². The lowest BCUT2D eigenvalue weighted by atomic mass is 10.1. The van der Waals surface area contributed by atoms with Crippen molar-refractivity contribution in [2.24, 2.45) is 0 Å². The Bertz CT molecular complexity index is 847. The number of nitrogens with zero attached hydrogens (tertiary/aromatic N) is 1. The van der Waals surface area contributed by atoms with Gasteiger partial charge in [0.25, 0.3) is 0 Å². The maximum Gasteiger partial charge on any atom is 0.338 e. The number of aryl methyl sites for hydroxylation is 1. The van der Waals surface area contributed by atoms with Crippen molar-refractivity contribution >= 4 is 11.7 Å². The third-order valence-corrected chi connectivity index (χ3v) is 4.50. The van der Waals surface area contributed by atoms with Gasteiger partial charge in [-0.2, -0.15) is 0 Å². The van der Waals surface area contributed by atoms with E-state index in [9.17, 15) is 4.79 Å². The predicted octanol–water partition coefficient (Wildman–Crippen LogP) is 5.11. The van der Waals surface area contributed by atoms with Gasteiger partial charge in [-0.15, -0.1) is 0 Å². The molecule has 0 radical (unpaired) electrons. The van der Waals surface area contributed by atoms with Crippen LogP contribution in [0.25, 0.3) is 0 Å². The molecule has 3 rings (SSSR count). The molecule has 0 aliphatic carbocycles. The van der Waals surface area contributed by atoms with Crippen molar-refractivity contribution < 1.29 is 9.53 Å². The molecule has 0 aromatic heterocycles. The molecular formula is C24H25NO2. The summed E-state index contributed by atoms with van der Waals surface area (Å²) in [5.74, 6) is -0.259. The van der Waals surface area contributed by atoms with Crippen LogP contribution in [-0.2, 0) is 17.7 Å². The molecule has 0 fully saturated rings. The Labute approximate surface area is 161 Å². The predicted molar refractivity (Wildman–Crippen MR) is 110 cm³/mol. The van der Waals surface area contributed by atoms with Gasteiger partial charge >= 0.3 is 5.97 Å². The van der Waals surface area contributed by atoms with Crippen molar-refractivity contribution in [3.05, 3.63) is 102 Å². The molecule has 0 aliphatic heterocycles. The summed E-state index contributed by atoms with van der Waals surface area (Å²) < 4.78 is 5.39. The lowest BCUT2D eigenvalue weighted by Gasteiger charge is -2.22. The quantitative estimate of drug-likeness (QED) is 0.413. The van der Waals surface area contributed by atoms with Crippen molar-refractivity contribution in [1.29, 1.82) is 0 Å². The molecule has 0 bridgehead atoms. The molecule has 0 N–H and O–H groups in total. The zero-order valence-corrected chi connectivity index (χ0v) is 15.7. The largest absolute Gasteiger partial charge is 0.462 e. The van der Waals surface area contributed by atoms with E-state index in [1.807, 2.05) is 24.3 Å². The van der Waals surface area contributed by atoms with E-state index >= 15 is 0 Å². The summed E-state index contributed by atoms with van der Waals surface area (Å²) >= 11 is 0. The molecule has 0 saturated heterocycles. The van der Waals surface area contributed by atoms with Gasteiger partial charge in [0.15, 0.2) is 0 Å². The molecule has 27 heavy (non-hydrogen) atoms. The number of hydrogen-bond donors (Lipinski definition) is 0. The molecule has 3 aromatic carbocycles. The zero-order valence-electron chi connectivity index (χ0n) is 15.7. The van der Waals surface area contributed by atoms with E-state index in [-0.39, 0.29) is 5.97 Å². The molecule has 3 heteroatoms. The topological polar surface area (TPSA) is 29.5 Å². The number of ether oxygens (including phenoxy) is 1. The minimum atomic E-state index is -0.259. The SMILES string of the molecule is CN(Cc1ccccc1)c1ccccc1CCCOC(=O)c1ccccc1. The summed E-state index contributed by atoms with van der Waals surface area (Å²) in [4.78, 5) is 14.3. The summed E-state index contributed by atoms with van der Waals surface area (Å²) in [5.41, 5.74) is 4.37. The van der Waals surface area contributed by atoms with E-state index in [2.05, 4.69) is 60.5 Å². The van der Waals surface area contributed by atoms with Crippen molar-refractivity contribution in [2.75, 3.05) is 18.6 Å². The van der Waals surface area contributed by atoms with Gasteiger partial charge in [0.1, 0.15) is 0 Å². The Kier molecular flexibility index (Phi) is 6.64. The second kappa shape index (κ2) is 9.58.